The van der Waals surface area contributed by atoms with Gasteiger partial charge in [0.1, 0.15) is 0 Å². The molecule has 2 atom stereocenters. The van der Waals surface area contributed by atoms with E-state index in [0.717, 1.165) is 12.8 Å². The zero-order chi connectivity index (χ0) is 15.7. The van der Waals surface area contributed by atoms with Gasteiger partial charge in [-0.2, -0.15) is 0 Å². The van der Waals surface area contributed by atoms with Crippen molar-refractivity contribution in [3.8, 4) is 5.19 Å². The van der Waals surface area contributed by atoms with E-state index in [1.54, 1.807) is 0 Å². The molecule has 2 N–H and O–H groups in total. The second-order valence-corrected chi connectivity index (χ2v) is 13.1. The van der Waals surface area contributed by atoms with Gasteiger partial charge in [0.25, 0.3) is 5.19 Å². The molecule has 2 rings (SSSR count). The van der Waals surface area contributed by atoms with E-state index in [2.05, 4.69) is 44.1 Å². The molecule has 0 radical (unpaired) electrons. The number of nitrogens with zero attached hydrogens (tertiary/aromatic N) is 2. The van der Waals surface area contributed by atoms with Crippen molar-refractivity contribution in [1.29, 1.82) is 0 Å². The number of rotatable bonds is 5. The molecule has 5 nitrogen and oxygen atoms in total. The first kappa shape index (κ1) is 16.7. The highest BCUT2D eigenvalue weighted by Gasteiger charge is 2.42. The molecule has 21 heavy (non-hydrogen) atoms. The van der Waals surface area contributed by atoms with Crippen LogP contribution >= 0.6 is 11.3 Å². The minimum atomic E-state index is -1.72. The zero-order valence-corrected chi connectivity index (χ0v) is 15.5. The lowest BCUT2D eigenvalue weighted by Crippen LogP contribution is -2.45. The minimum Gasteiger partial charge on any atom is -0.469 e. The van der Waals surface area contributed by atoms with Gasteiger partial charge < -0.3 is 14.9 Å². The molecule has 0 aliphatic heterocycles. The van der Waals surface area contributed by atoms with Gasteiger partial charge in [-0.25, -0.2) is 0 Å². The molecule has 0 bridgehead atoms. The normalized spacial score (nSPS) is 23.5. The number of anilines is 1. The molecule has 0 amide bonds. The molecule has 1 aromatic heterocycles. The van der Waals surface area contributed by atoms with Crippen LogP contribution in [0.15, 0.2) is 0 Å². The van der Waals surface area contributed by atoms with E-state index in [1.165, 1.54) is 17.8 Å². The Hall–Kier alpha value is -0.663. The number of hydrogen-bond acceptors (Lipinski definition) is 6. The van der Waals surface area contributed by atoms with Crippen LogP contribution in [0.4, 0.5) is 5.13 Å². The van der Waals surface area contributed by atoms with E-state index in [9.17, 15) is 0 Å². The summed E-state index contributed by atoms with van der Waals surface area (Å²) in [6.07, 6.45) is 3.83. The third-order valence-electron chi connectivity index (χ3n) is 4.68. The summed E-state index contributed by atoms with van der Waals surface area (Å²) in [4.78, 5) is 0. The summed E-state index contributed by atoms with van der Waals surface area (Å²) in [6, 6.07) is 0. The summed E-state index contributed by atoms with van der Waals surface area (Å²) >= 11 is 1.29. The number of aromatic nitrogens is 2. The molecule has 120 valence electrons. The second-order valence-electron chi connectivity index (χ2n) is 7.32. The van der Waals surface area contributed by atoms with E-state index in [4.69, 9.17) is 14.9 Å². The van der Waals surface area contributed by atoms with Crippen molar-refractivity contribution in [2.75, 3.05) is 12.3 Å². The Bertz CT molecular complexity index is 473. The molecular weight excluding hydrogens is 302 g/mol. The van der Waals surface area contributed by atoms with Crippen LogP contribution in [-0.2, 0) is 4.43 Å². The van der Waals surface area contributed by atoms with Gasteiger partial charge in [-0.15, -0.1) is 5.10 Å². The van der Waals surface area contributed by atoms with E-state index in [-0.39, 0.29) is 5.04 Å². The quantitative estimate of drug-likeness (QED) is 0.834. The molecule has 1 aromatic rings. The second kappa shape index (κ2) is 6.22. The van der Waals surface area contributed by atoms with E-state index < -0.39 is 8.32 Å². The maximum atomic E-state index is 6.57. The van der Waals surface area contributed by atoms with Crippen LogP contribution in [0.2, 0.25) is 18.1 Å². The first-order valence-electron chi connectivity index (χ1n) is 7.58. The topological polar surface area (TPSA) is 70.3 Å². The first-order chi connectivity index (χ1) is 9.69. The van der Waals surface area contributed by atoms with E-state index in [0.29, 0.717) is 29.0 Å². The number of nitrogen functional groups attached to an aromatic ring is 1. The van der Waals surface area contributed by atoms with Gasteiger partial charge in [-0.05, 0) is 42.3 Å². The lowest BCUT2D eigenvalue weighted by atomic mass is 10.1. The Morgan fingerprint density at radius 1 is 1.29 bits per heavy atom. The van der Waals surface area contributed by atoms with Gasteiger partial charge in [0.2, 0.25) is 5.13 Å². The molecule has 1 heterocycles. The summed E-state index contributed by atoms with van der Waals surface area (Å²) in [5.41, 5.74) is 5.57. The highest BCUT2D eigenvalue weighted by Crippen LogP contribution is 2.41. The van der Waals surface area contributed by atoms with Crippen molar-refractivity contribution < 1.29 is 9.16 Å². The molecular formula is C14H27N3O2SSi. The van der Waals surface area contributed by atoms with Crippen molar-refractivity contribution in [3.63, 3.8) is 0 Å². The predicted octanol–water partition coefficient (Wildman–Crippen LogP) is 3.69. The van der Waals surface area contributed by atoms with Crippen LogP contribution < -0.4 is 10.5 Å². The zero-order valence-electron chi connectivity index (χ0n) is 13.7. The van der Waals surface area contributed by atoms with Crippen molar-refractivity contribution in [2.24, 2.45) is 5.92 Å². The van der Waals surface area contributed by atoms with Crippen molar-refractivity contribution in [2.45, 2.75) is 64.3 Å². The fourth-order valence-electron chi connectivity index (χ4n) is 2.36. The SMILES string of the molecule is CC(C)(C)[Si](C)(C)O[C@@H]1CCC[C@@H]1COc1nnc(N)s1. The van der Waals surface area contributed by atoms with Crippen LogP contribution in [0.5, 0.6) is 5.19 Å². The minimum absolute atomic E-state index is 0.245. The van der Waals surface area contributed by atoms with Gasteiger partial charge in [0.05, 0.1) is 12.7 Å². The predicted molar refractivity (Wildman–Crippen MR) is 89.2 cm³/mol. The number of nitrogens with two attached hydrogens (primary N) is 1. The molecule has 7 heteroatoms. The standard InChI is InChI=1S/C14H27N3O2SSi/c1-14(2,3)21(4,5)19-11-8-6-7-10(11)9-18-13-17-16-12(15)20-13/h10-11H,6-9H2,1-5H3,(H2,15,16)/t10-,11-/m1/s1. The summed E-state index contributed by atoms with van der Waals surface area (Å²) in [7, 11) is -1.72. The third kappa shape index (κ3) is 4.17. The monoisotopic (exact) mass is 329 g/mol. The van der Waals surface area contributed by atoms with Crippen molar-refractivity contribution in [1.82, 2.24) is 10.2 Å². The average molecular weight is 330 g/mol. The molecule has 0 saturated heterocycles. The average Bonchev–Trinajstić information content (AvgIpc) is 2.94. The summed E-state index contributed by atoms with van der Waals surface area (Å²) in [5.74, 6) is 0.448. The number of hydrogen-bond donors (Lipinski definition) is 1. The van der Waals surface area contributed by atoms with Crippen LogP contribution in [0.1, 0.15) is 40.0 Å². The fraction of sp³-hybridized carbons (Fsp3) is 0.857. The van der Waals surface area contributed by atoms with Gasteiger partial charge in [0, 0.05) is 5.92 Å². The molecule has 1 aliphatic rings. The first-order valence-corrected chi connectivity index (χ1v) is 11.3. The highest BCUT2D eigenvalue weighted by molar-refractivity contribution is 7.16. The Morgan fingerprint density at radius 3 is 2.57 bits per heavy atom. The van der Waals surface area contributed by atoms with Gasteiger partial charge in [-0.3, -0.25) is 0 Å². The van der Waals surface area contributed by atoms with Gasteiger partial charge in [0.15, 0.2) is 8.32 Å². The fourth-order valence-corrected chi connectivity index (χ4v) is 4.25. The largest absolute Gasteiger partial charge is 0.469 e. The Balaban J connectivity index is 1.91. The van der Waals surface area contributed by atoms with Crippen LogP contribution in [0.3, 0.4) is 0 Å². The summed E-state index contributed by atoms with van der Waals surface area (Å²) in [6.45, 7) is 12.1. The Morgan fingerprint density at radius 2 is 2.00 bits per heavy atom. The lowest BCUT2D eigenvalue weighted by Gasteiger charge is -2.39. The lowest BCUT2D eigenvalue weighted by molar-refractivity contribution is 0.106. The van der Waals surface area contributed by atoms with Gasteiger partial charge >= 0.3 is 0 Å². The number of ether oxygens (including phenoxy) is 1. The van der Waals surface area contributed by atoms with Crippen LogP contribution in [0, 0.1) is 5.92 Å². The molecule has 1 aliphatic carbocycles. The Labute approximate surface area is 132 Å². The third-order valence-corrected chi connectivity index (χ3v) is 9.85. The Kier molecular flexibility index (Phi) is 4.95. The highest BCUT2D eigenvalue weighted by atomic mass is 32.1. The molecule has 1 fully saturated rings. The molecule has 0 unspecified atom stereocenters. The van der Waals surface area contributed by atoms with Crippen molar-refractivity contribution in [3.05, 3.63) is 0 Å². The van der Waals surface area contributed by atoms with Crippen LogP contribution in [-0.4, -0.2) is 31.2 Å². The molecule has 1 saturated carbocycles. The molecule has 0 aromatic carbocycles. The summed E-state index contributed by atoms with van der Waals surface area (Å²) in [5, 5.41) is 8.93. The summed E-state index contributed by atoms with van der Waals surface area (Å²) < 4.78 is 12.3. The molecule has 0 spiro atoms. The maximum Gasteiger partial charge on any atom is 0.295 e. The van der Waals surface area contributed by atoms with Crippen LogP contribution in [0.25, 0.3) is 0 Å². The van der Waals surface area contributed by atoms with Crippen molar-refractivity contribution >= 4 is 24.8 Å². The van der Waals surface area contributed by atoms with E-state index in [1.807, 2.05) is 0 Å². The smallest absolute Gasteiger partial charge is 0.295 e. The maximum absolute atomic E-state index is 6.57. The van der Waals surface area contributed by atoms with E-state index >= 15 is 0 Å². The van der Waals surface area contributed by atoms with Gasteiger partial charge in [-0.1, -0.05) is 32.3 Å².